The van der Waals surface area contributed by atoms with E-state index in [1.165, 1.54) is 12.1 Å². The Kier molecular flexibility index (Phi) is 3.92. The quantitative estimate of drug-likeness (QED) is 0.671. The van der Waals surface area contributed by atoms with Crippen molar-refractivity contribution in [3.05, 3.63) is 18.3 Å². The van der Waals surface area contributed by atoms with Crippen LogP contribution in [0.4, 0.5) is 5.82 Å². The number of sulfonamides is 1. The van der Waals surface area contributed by atoms with Gasteiger partial charge >= 0.3 is 0 Å². The number of hydrogen-bond donors (Lipinski definition) is 3. The average molecular weight is 272 g/mol. The zero-order chi connectivity index (χ0) is 14.0. The lowest BCUT2D eigenvalue weighted by atomic mass is 10.0. The van der Waals surface area contributed by atoms with E-state index in [4.69, 9.17) is 11.5 Å². The van der Waals surface area contributed by atoms with Crippen LogP contribution < -0.4 is 16.2 Å². The van der Waals surface area contributed by atoms with Crippen LogP contribution in [-0.2, 0) is 14.8 Å². The first kappa shape index (κ1) is 14.4. The van der Waals surface area contributed by atoms with Crippen LogP contribution in [0.1, 0.15) is 20.3 Å². The number of primary amides is 1. The van der Waals surface area contributed by atoms with Gasteiger partial charge in [-0.3, -0.25) is 4.79 Å². The lowest BCUT2D eigenvalue weighted by Gasteiger charge is -2.24. The lowest BCUT2D eigenvalue weighted by molar-refractivity contribution is -0.119. The van der Waals surface area contributed by atoms with Crippen LogP contribution in [0.5, 0.6) is 0 Å². The molecule has 0 radical (unpaired) electrons. The fourth-order valence-electron chi connectivity index (χ4n) is 1.45. The second-order valence-electron chi connectivity index (χ2n) is 4.55. The van der Waals surface area contributed by atoms with Crippen molar-refractivity contribution in [1.82, 2.24) is 9.71 Å². The van der Waals surface area contributed by atoms with Crippen molar-refractivity contribution in [2.45, 2.75) is 30.7 Å². The molecule has 0 fully saturated rings. The Balaban J connectivity index is 2.95. The van der Waals surface area contributed by atoms with Gasteiger partial charge in [-0.15, -0.1) is 0 Å². The van der Waals surface area contributed by atoms with Crippen LogP contribution in [0.25, 0.3) is 0 Å². The number of amides is 1. The molecular formula is C10H16N4O3S. The fourth-order valence-corrected chi connectivity index (χ4v) is 2.80. The number of carbonyl (C=O) groups is 1. The van der Waals surface area contributed by atoms with Crippen LogP contribution in [0.2, 0.25) is 0 Å². The number of hydrogen-bond acceptors (Lipinski definition) is 5. The number of anilines is 1. The summed E-state index contributed by atoms with van der Waals surface area (Å²) in [6, 6.07) is 2.72. The topological polar surface area (TPSA) is 128 Å². The molecule has 7 nitrogen and oxygen atoms in total. The maximum absolute atomic E-state index is 12.0. The number of nitrogens with two attached hydrogens (primary N) is 2. The highest BCUT2D eigenvalue weighted by Gasteiger charge is 2.28. The van der Waals surface area contributed by atoms with Gasteiger partial charge < -0.3 is 11.5 Å². The van der Waals surface area contributed by atoms with Crippen LogP contribution in [0, 0.1) is 0 Å². The number of rotatable bonds is 5. The van der Waals surface area contributed by atoms with Crippen LogP contribution >= 0.6 is 0 Å². The van der Waals surface area contributed by atoms with Gasteiger partial charge in [0.2, 0.25) is 15.9 Å². The summed E-state index contributed by atoms with van der Waals surface area (Å²) in [7, 11) is -3.76. The molecule has 0 aliphatic heterocycles. The zero-order valence-electron chi connectivity index (χ0n) is 10.2. The minimum Gasteiger partial charge on any atom is -0.384 e. The molecule has 0 unspecified atom stereocenters. The molecule has 0 aromatic carbocycles. The van der Waals surface area contributed by atoms with Gasteiger partial charge in [-0.1, -0.05) is 0 Å². The van der Waals surface area contributed by atoms with E-state index in [9.17, 15) is 13.2 Å². The van der Waals surface area contributed by atoms with Crippen molar-refractivity contribution in [3.8, 4) is 0 Å². The summed E-state index contributed by atoms with van der Waals surface area (Å²) in [5.41, 5.74) is 9.46. The van der Waals surface area contributed by atoms with Gasteiger partial charge in [0.25, 0.3) is 0 Å². The predicted octanol–water partition coefficient (Wildman–Crippen LogP) is -0.404. The van der Waals surface area contributed by atoms with Crippen LogP contribution in [0.3, 0.4) is 0 Å². The molecule has 1 amide bonds. The monoisotopic (exact) mass is 272 g/mol. The van der Waals surface area contributed by atoms with Gasteiger partial charge in [-0.25, -0.2) is 18.1 Å². The van der Waals surface area contributed by atoms with Crippen molar-refractivity contribution in [1.29, 1.82) is 0 Å². The highest BCUT2D eigenvalue weighted by atomic mass is 32.2. The van der Waals surface area contributed by atoms with Crippen molar-refractivity contribution >= 4 is 21.7 Å². The molecule has 8 heteroatoms. The molecule has 0 spiro atoms. The van der Waals surface area contributed by atoms with Gasteiger partial charge in [0.05, 0.1) is 0 Å². The summed E-state index contributed by atoms with van der Waals surface area (Å²) < 4.78 is 26.4. The van der Waals surface area contributed by atoms with E-state index in [2.05, 4.69) is 9.71 Å². The Morgan fingerprint density at radius 2 is 2.06 bits per heavy atom. The molecule has 100 valence electrons. The Morgan fingerprint density at radius 1 is 1.44 bits per heavy atom. The highest BCUT2D eigenvalue weighted by Crippen LogP contribution is 2.15. The number of nitrogens with zero attached hydrogens (tertiary/aromatic N) is 1. The van der Waals surface area contributed by atoms with E-state index in [1.54, 1.807) is 13.8 Å². The molecule has 1 heterocycles. The summed E-state index contributed by atoms with van der Waals surface area (Å²) >= 11 is 0. The van der Waals surface area contributed by atoms with Gasteiger partial charge in [-0.2, -0.15) is 0 Å². The first-order chi connectivity index (χ1) is 8.12. The fraction of sp³-hybridized carbons (Fsp3) is 0.400. The number of pyridine rings is 1. The Morgan fingerprint density at radius 3 is 2.50 bits per heavy atom. The largest absolute Gasteiger partial charge is 0.384 e. The van der Waals surface area contributed by atoms with E-state index in [0.29, 0.717) is 0 Å². The maximum Gasteiger partial charge on any atom is 0.242 e. The van der Waals surface area contributed by atoms with Crippen molar-refractivity contribution in [3.63, 3.8) is 0 Å². The van der Waals surface area contributed by atoms with Crippen molar-refractivity contribution in [2.75, 3.05) is 5.73 Å². The van der Waals surface area contributed by atoms with Crippen molar-refractivity contribution < 1.29 is 13.2 Å². The van der Waals surface area contributed by atoms with E-state index >= 15 is 0 Å². The maximum atomic E-state index is 12.0. The van der Waals surface area contributed by atoms with Crippen molar-refractivity contribution in [2.24, 2.45) is 5.73 Å². The lowest BCUT2D eigenvalue weighted by Crippen LogP contribution is -2.45. The standard InChI is InChI=1S/C10H16N4O3S/c1-10(2,5-9(12)15)14-18(16,17)7-3-4-8(11)13-6-7/h3-4,6,14H,5H2,1-2H3,(H2,11,13)(H2,12,15). The molecule has 18 heavy (non-hydrogen) atoms. The predicted molar refractivity (Wildman–Crippen MR) is 66.9 cm³/mol. The molecule has 0 aliphatic carbocycles. The zero-order valence-corrected chi connectivity index (χ0v) is 11.0. The molecule has 1 rings (SSSR count). The second-order valence-corrected chi connectivity index (χ2v) is 6.23. The van der Waals surface area contributed by atoms with E-state index < -0.39 is 21.5 Å². The summed E-state index contributed by atoms with van der Waals surface area (Å²) in [5.74, 6) is -0.358. The number of aromatic nitrogens is 1. The molecule has 0 aliphatic rings. The molecule has 1 aromatic heterocycles. The van der Waals surface area contributed by atoms with Crippen LogP contribution in [-0.4, -0.2) is 24.8 Å². The van der Waals surface area contributed by atoms with E-state index in [-0.39, 0.29) is 17.1 Å². The summed E-state index contributed by atoms with van der Waals surface area (Å²) in [5, 5.41) is 0. The van der Waals surface area contributed by atoms with E-state index in [1.807, 2.05) is 0 Å². The molecule has 0 saturated carbocycles. The molecule has 1 aromatic rings. The van der Waals surface area contributed by atoms with E-state index in [0.717, 1.165) is 6.20 Å². The second kappa shape index (κ2) is 4.91. The van der Waals surface area contributed by atoms with Gasteiger partial charge in [0, 0.05) is 18.2 Å². The summed E-state index contributed by atoms with van der Waals surface area (Å²) in [6.45, 7) is 3.14. The van der Waals surface area contributed by atoms with Gasteiger partial charge in [0.15, 0.2) is 0 Å². The van der Waals surface area contributed by atoms with Gasteiger partial charge in [0.1, 0.15) is 10.7 Å². The molecule has 0 atom stereocenters. The molecule has 0 saturated heterocycles. The SMILES string of the molecule is CC(C)(CC(N)=O)NS(=O)(=O)c1ccc(N)nc1. The molecule has 5 N–H and O–H groups in total. The number of nitrogen functional groups attached to an aromatic ring is 1. The smallest absolute Gasteiger partial charge is 0.242 e. The normalized spacial score (nSPS) is 12.3. The third kappa shape index (κ3) is 3.97. The van der Waals surface area contributed by atoms with Crippen LogP contribution in [0.15, 0.2) is 23.2 Å². The Labute approximate surface area is 106 Å². The highest BCUT2D eigenvalue weighted by molar-refractivity contribution is 7.89. The first-order valence-corrected chi connectivity index (χ1v) is 6.64. The minimum atomic E-state index is -3.76. The third-order valence-electron chi connectivity index (χ3n) is 2.10. The molecule has 0 bridgehead atoms. The van der Waals surface area contributed by atoms with Gasteiger partial charge in [-0.05, 0) is 26.0 Å². The third-order valence-corrected chi connectivity index (χ3v) is 3.78. The first-order valence-electron chi connectivity index (χ1n) is 5.16. The Hall–Kier alpha value is -1.67. The molecular weight excluding hydrogens is 256 g/mol. The number of carbonyl (C=O) groups excluding carboxylic acids is 1. The summed E-state index contributed by atoms with van der Waals surface area (Å²) in [6.07, 6.45) is 1.05. The summed E-state index contributed by atoms with van der Waals surface area (Å²) in [4.78, 5) is 14.5. The minimum absolute atomic E-state index is 0.0192. The number of nitrogens with one attached hydrogen (secondary N) is 1. The average Bonchev–Trinajstić information content (AvgIpc) is 2.13. The Bertz CT molecular complexity index is 537.